The third-order valence-electron chi connectivity index (χ3n) is 4.46. The van der Waals surface area contributed by atoms with Crippen LogP contribution in [0.2, 0.25) is 5.02 Å². The molecular weight excluding hydrogens is 387 g/mol. The Hall–Kier alpha value is -2.50. The van der Waals surface area contributed by atoms with Gasteiger partial charge in [0.2, 0.25) is 0 Å². The first-order valence-corrected chi connectivity index (χ1v) is 8.50. The summed E-state index contributed by atoms with van der Waals surface area (Å²) in [5.74, 6) is -1.14. The molecule has 0 aliphatic carbocycles. The van der Waals surface area contributed by atoms with Crippen LogP contribution >= 0.6 is 24.0 Å². The summed E-state index contributed by atoms with van der Waals surface area (Å²) in [5, 5.41) is 10.6. The van der Waals surface area contributed by atoms with Gasteiger partial charge in [-0.25, -0.2) is 0 Å². The number of hydrogen-bond donors (Lipinski definition) is 1. The molecule has 142 valence electrons. The van der Waals surface area contributed by atoms with Gasteiger partial charge in [-0.05, 0) is 55.0 Å². The molecule has 2 aromatic carbocycles. The van der Waals surface area contributed by atoms with Gasteiger partial charge in [0.05, 0.1) is 11.9 Å². The van der Waals surface area contributed by atoms with Crippen LogP contribution in [-0.2, 0) is 11.2 Å². The van der Waals surface area contributed by atoms with E-state index < -0.39 is 5.97 Å². The largest absolute Gasteiger partial charge is 0.481 e. The highest BCUT2D eigenvalue weighted by molar-refractivity contribution is 6.30. The minimum atomic E-state index is -0.929. The molecular formula is C20H20Cl2N2O3. The Morgan fingerprint density at radius 3 is 2.30 bits per heavy atom. The second-order valence-electron chi connectivity index (χ2n) is 6.38. The molecule has 3 rings (SSSR count). The molecule has 0 aliphatic heterocycles. The van der Waals surface area contributed by atoms with Crippen molar-refractivity contribution in [2.45, 2.75) is 13.3 Å². The highest BCUT2D eigenvalue weighted by Gasteiger charge is 2.21. The summed E-state index contributed by atoms with van der Waals surface area (Å²) >= 11 is 5.91. The standard InChI is InChI=1S/C20H19ClN2O3.ClH/c1-12-16(11-19(24)25)17-10-15(22(2)3)8-9-18(17)23(12)20(26)13-4-6-14(21)7-5-13;/h4-10H,11H2,1-3H3,(H,24,25);1H. The summed E-state index contributed by atoms with van der Waals surface area (Å²) in [5.41, 5.74) is 3.43. The molecule has 0 aliphatic rings. The summed E-state index contributed by atoms with van der Waals surface area (Å²) in [6, 6.07) is 12.4. The highest BCUT2D eigenvalue weighted by atomic mass is 35.5. The summed E-state index contributed by atoms with van der Waals surface area (Å²) in [4.78, 5) is 26.4. The molecule has 1 heterocycles. The number of anilines is 1. The number of benzene rings is 2. The summed E-state index contributed by atoms with van der Waals surface area (Å²) in [6.07, 6.45) is -0.139. The van der Waals surface area contributed by atoms with E-state index >= 15 is 0 Å². The molecule has 5 nitrogen and oxygen atoms in total. The monoisotopic (exact) mass is 406 g/mol. The van der Waals surface area contributed by atoms with E-state index in [1.807, 2.05) is 37.2 Å². The van der Waals surface area contributed by atoms with Gasteiger partial charge in [-0.1, -0.05) is 11.6 Å². The van der Waals surface area contributed by atoms with Crippen molar-refractivity contribution >= 4 is 52.5 Å². The van der Waals surface area contributed by atoms with E-state index in [4.69, 9.17) is 11.6 Å². The number of nitrogens with zero attached hydrogens (tertiary/aromatic N) is 2. The van der Waals surface area contributed by atoms with Crippen molar-refractivity contribution in [3.63, 3.8) is 0 Å². The average molecular weight is 407 g/mol. The molecule has 0 fully saturated rings. The number of aromatic nitrogens is 1. The van der Waals surface area contributed by atoms with E-state index in [-0.39, 0.29) is 24.7 Å². The van der Waals surface area contributed by atoms with Crippen LogP contribution in [-0.4, -0.2) is 35.6 Å². The van der Waals surface area contributed by atoms with E-state index in [0.717, 1.165) is 11.1 Å². The maximum absolute atomic E-state index is 13.1. The van der Waals surface area contributed by atoms with Gasteiger partial charge >= 0.3 is 5.97 Å². The van der Waals surface area contributed by atoms with Gasteiger partial charge in [-0.3, -0.25) is 14.2 Å². The predicted molar refractivity (Wildman–Crippen MR) is 111 cm³/mol. The summed E-state index contributed by atoms with van der Waals surface area (Å²) in [7, 11) is 3.83. The van der Waals surface area contributed by atoms with E-state index in [1.165, 1.54) is 0 Å². The first kappa shape index (κ1) is 20.8. The normalized spacial score (nSPS) is 10.5. The molecule has 27 heavy (non-hydrogen) atoms. The van der Waals surface area contributed by atoms with Gasteiger partial charge in [0.1, 0.15) is 0 Å². The molecule has 7 heteroatoms. The quantitative estimate of drug-likeness (QED) is 0.696. The minimum Gasteiger partial charge on any atom is -0.481 e. The second-order valence-corrected chi connectivity index (χ2v) is 6.81. The van der Waals surface area contributed by atoms with Crippen LogP contribution in [0.5, 0.6) is 0 Å². The van der Waals surface area contributed by atoms with Gasteiger partial charge in [-0.2, -0.15) is 0 Å². The Morgan fingerprint density at radius 2 is 1.74 bits per heavy atom. The van der Waals surface area contributed by atoms with Crippen LogP contribution in [0, 0.1) is 6.92 Å². The zero-order valence-electron chi connectivity index (χ0n) is 15.2. The number of hydrogen-bond acceptors (Lipinski definition) is 3. The first-order valence-electron chi connectivity index (χ1n) is 8.13. The van der Waals surface area contributed by atoms with Crippen molar-refractivity contribution in [3.05, 3.63) is 64.3 Å². The fraction of sp³-hybridized carbons (Fsp3) is 0.200. The van der Waals surface area contributed by atoms with Crippen molar-refractivity contribution in [3.8, 4) is 0 Å². The van der Waals surface area contributed by atoms with Crippen LogP contribution in [0.1, 0.15) is 21.6 Å². The Kier molecular flexibility index (Phi) is 6.19. The van der Waals surface area contributed by atoms with Gasteiger partial charge in [-0.15, -0.1) is 12.4 Å². The molecule has 0 unspecified atom stereocenters. The zero-order chi connectivity index (χ0) is 19.0. The first-order chi connectivity index (χ1) is 12.3. The molecule has 0 saturated heterocycles. The Balaban J connectivity index is 0.00000261. The zero-order valence-corrected chi connectivity index (χ0v) is 16.8. The predicted octanol–water partition coefficient (Wildman–Crippen LogP) is 4.41. The van der Waals surface area contributed by atoms with Gasteiger partial charge in [0, 0.05) is 41.4 Å². The second kappa shape index (κ2) is 8.03. The molecule has 0 spiro atoms. The number of carbonyl (C=O) groups is 2. The number of fused-ring (bicyclic) bond motifs is 1. The third kappa shape index (κ3) is 3.94. The lowest BCUT2D eigenvalue weighted by Crippen LogP contribution is -2.14. The van der Waals surface area contributed by atoms with Gasteiger partial charge in [0.25, 0.3) is 5.91 Å². The molecule has 3 aromatic rings. The number of aliphatic carboxylic acids is 1. The number of carboxylic acid groups (broad SMARTS) is 1. The SMILES string of the molecule is Cc1c(CC(=O)O)c2cc(N(C)C)ccc2n1C(=O)c1ccc(Cl)cc1.Cl. The third-order valence-corrected chi connectivity index (χ3v) is 4.71. The van der Waals surface area contributed by atoms with Crippen molar-refractivity contribution in [2.24, 2.45) is 0 Å². The maximum atomic E-state index is 13.1. The number of carbonyl (C=O) groups excluding carboxylic acids is 1. The summed E-state index contributed by atoms with van der Waals surface area (Å²) in [6.45, 7) is 1.78. The summed E-state index contributed by atoms with van der Waals surface area (Å²) < 4.78 is 1.58. The molecule has 1 aromatic heterocycles. The molecule has 0 amide bonds. The molecule has 0 bridgehead atoms. The van der Waals surface area contributed by atoms with Crippen LogP contribution in [0.15, 0.2) is 42.5 Å². The van der Waals surface area contributed by atoms with E-state index in [1.54, 1.807) is 35.8 Å². The topological polar surface area (TPSA) is 62.5 Å². The van der Waals surface area contributed by atoms with Crippen LogP contribution in [0.4, 0.5) is 5.69 Å². The molecule has 0 atom stereocenters. The van der Waals surface area contributed by atoms with Crippen molar-refractivity contribution in [1.29, 1.82) is 0 Å². The van der Waals surface area contributed by atoms with Gasteiger partial charge in [0.15, 0.2) is 0 Å². The van der Waals surface area contributed by atoms with E-state index in [0.29, 0.717) is 27.4 Å². The lowest BCUT2D eigenvalue weighted by Gasteiger charge is -2.13. The van der Waals surface area contributed by atoms with Crippen LogP contribution in [0.25, 0.3) is 10.9 Å². The van der Waals surface area contributed by atoms with Crippen molar-refractivity contribution in [2.75, 3.05) is 19.0 Å². The minimum absolute atomic E-state index is 0. The average Bonchev–Trinajstić information content (AvgIpc) is 2.86. The van der Waals surface area contributed by atoms with E-state index in [9.17, 15) is 14.7 Å². The van der Waals surface area contributed by atoms with Crippen LogP contribution < -0.4 is 4.90 Å². The lowest BCUT2D eigenvalue weighted by molar-refractivity contribution is -0.136. The molecule has 0 saturated carbocycles. The Labute approximate surface area is 168 Å². The number of halogens is 2. The smallest absolute Gasteiger partial charge is 0.307 e. The number of rotatable bonds is 4. The van der Waals surface area contributed by atoms with Gasteiger partial charge < -0.3 is 10.0 Å². The molecule has 1 N–H and O–H groups in total. The Morgan fingerprint density at radius 1 is 1.11 bits per heavy atom. The maximum Gasteiger partial charge on any atom is 0.307 e. The van der Waals surface area contributed by atoms with E-state index in [2.05, 4.69) is 0 Å². The Bertz CT molecular complexity index is 1010. The fourth-order valence-corrected chi connectivity index (χ4v) is 3.23. The van der Waals surface area contributed by atoms with Crippen molar-refractivity contribution in [1.82, 2.24) is 4.57 Å². The molecule has 0 radical (unpaired) electrons. The number of carboxylic acids is 1. The highest BCUT2D eigenvalue weighted by Crippen LogP contribution is 2.30. The fourth-order valence-electron chi connectivity index (χ4n) is 3.11. The van der Waals surface area contributed by atoms with Crippen LogP contribution in [0.3, 0.4) is 0 Å². The van der Waals surface area contributed by atoms with Crippen molar-refractivity contribution < 1.29 is 14.7 Å². The lowest BCUT2D eigenvalue weighted by atomic mass is 10.1.